The molecule has 0 aromatic heterocycles. The molecule has 0 saturated heterocycles. The summed E-state index contributed by atoms with van der Waals surface area (Å²) in [5.41, 5.74) is 3.25. The average molecular weight is 681 g/mol. The van der Waals surface area contributed by atoms with E-state index in [-0.39, 0.29) is 40.5 Å². The average Bonchev–Trinajstić information content (AvgIpc) is 2.92. The monoisotopic (exact) mass is 679 g/mol. The molecule has 0 bridgehead atoms. The van der Waals surface area contributed by atoms with Gasteiger partial charge < -0.3 is 14.8 Å². The molecule has 0 amide bonds. The molecule has 11 heteroatoms. The molecule has 3 aromatic rings. The van der Waals surface area contributed by atoms with Crippen LogP contribution < -0.4 is 5.32 Å². The minimum Gasteiger partial charge on any atom is -0.462 e. The molecule has 3 rings (SSSR count). The highest BCUT2D eigenvalue weighted by atomic mass is 79.9. The predicted octanol–water partition coefficient (Wildman–Crippen LogP) is 5.48. The second kappa shape index (κ2) is 14.6. The third kappa shape index (κ3) is 10.2. The molecule has 42 heavy (non-hydrogen) atoms. The summed E-state index contributed by atoms with van der Waals surface area (Å²) in [4.78, 5) is 12.1. The molecule has 0 unspecified atom stereocenters. The van der Waals surface area contributed by atoms with Crippen molar-refractivity contribution in [2.24, 2.45) is 0 Å². The first-order valence-corrected chi connectivity index (χ1v) is 17.6. The van der Waals surface area contributed by atoms with Crippen molar-refractivity contribution in [2.75, 3.05) is 43.2 Å². The predicted molar refractivity (Wildman–Crippen MR) is 169 cm³/mol. The minimum atomic E-state index is -3.77. The topological polar surface area (TPSA) is 116 Å². The Hall–Kier alpha value is -2.73. The van der Waals surface area contributed by atoms with Crippen molar-refractivity contribution in [2.45, 2.75) is 47.7 Å². The fraction of sp³-hybridized carbons (Fsp3) is 0.387. The van der Waals surface area contributed by atoms with E-state index in [9.17, 15) is 21.6 Å². The third-order valence-electron chi connectivity index (χ3n) is 6.51. The first-order chi connectivity index (χ1) is 19.7. The van der Waals surface area contributed by atoms with Gasteiger partial charge in [-0.3, -0.25) is 4.79 Å². The zero-order valence-corrected chi connectivity index (χ0v) is 27.5. The van der Waals surface area contributed by atoms with Crippen molar-refractivity contribution in [3.05, 3.63) is 89.5 Å². The standard InChI is InChI=1S/C31H38BrNO7S2/c1-23-5-13-28(14-6-23)41(35,36)21-26(22-42(37,38)29-15-7-24(2)8-16-29)25-9-11-27(12-10-25)33-17-18-39-19-20-40-30(34)31(3,4)32/h5-16,26,33H,17-22H2,1-4H3. The molecule has 0 spiro atoms. The largest absolute Gasteiger partial charge is 0.462 e. The third-order valence-corrected chi connectivity index (χ3v) is 10.5. The smallest absolute Gasteiger partial charge is 0.322 e. The number of carbonyl (C=O) groups excluding carboxylic acids is 1. The van der Waals surface area contributed by atoms with E-state index in [1.165, 1.54) is 0 Å². The fourth-order valence-corrected chi connectivity index (χ4v) is 7.49. The van der Waals surface area contributed by atoms with Gasteiger partial charge in [-0.15, -0.1) is 0 Å². The van der Waals surface area contributed by atoms with E-state index in [0.29, 0.717) is 18.7 Å². The number of ether oxygens (including phenoxy) is 2. The summed E-state index contributed by atoms with van der Waals surface area (Å²) in [5.74, 6) is -1.84. The Kier molecular flexibility index (Phi) is 11.8. The number of benzene rings is 3. The Morgan fingerprint density at radius 3 is 1.69 bits per heavy atom. The molecule has 0 fully saturated rings. The number of alkyl halides is 1. The summed E-state index contributed by atoms with van der Waals surface area (Å²) in [6, 6.07) is 20.2. The van der Waals surface area contributed by atoms with Crippen molar-refractivity contribution in [3.8, 4) is 0 Å². The number of halogens is 1. The van der Waals surface area contributed by atoms with Crippen LogP contribution in [0.4, 0.5) is 5.69 Å². The molecule has 0 aliphatic heterocycles. The molecule has 8 nitrogen and oxygen atoms in total. The zero-order valence-electron chi connectivity index (χ0n) is 24.3. The summed E-state index contributed by atoms with van der Waals surface area (Å²) in [7, 11) is -7.53. The number of anilines is 1. The number of nitrogens with one attached hydrogen (secondary N) is 1. The number of hydrogen-bond acceptors (Lipinski definition) is 8. The van der Waals surface area contributed by atoms with Crippen molar-refractivity contribution in [1.82, 2.24) is 0 Å². The Morgan fingerprint density at radius 2 is 1.24 bits per heavy atom. The van der Waals surface area contributed by atoms with Gasteiger partial charge in [0.05, 0.1) is 34.5 Å². The van der Waals surface area contributed by atoms with Gasteiger partial charge in [-0.1, -0.05) is 63.5 Å². The Bertz CT molecular complexity index is 1450. The maximum atomic E-state index is 13.3. The summed E-state index contributed by atoms with van der Waals surface area (Å²) in [5, 5.41) is 3.22. The van der Waals surface area contributed by atoms with E-state index in [2.05, 4.69) is 21.2 Å². The normalized spacial score (nSPS) is 12.3. The van der Waals surface area contributed by atoms with Crippen molar-refractivity contribution in [3.63, 3.8) is 0 Å². The van der Waals surface area contributed by atoms with E-state index in [1.807, 2.05) is 13.8 Å². The lowest BCUT2D eigenvalue weighted by molar-refractivity contribution is -0.146. The molecule has 228 valence electrons. The fourth-order valence-electron chi connectivity index (χ4n) is 4.06. The molecule has 0 saturated carbocycles. The van der Waals surface area contributed by atoms with E-state index >= 15 is 0 Å². The van der Waals surface area contributed by atoms with Crippen LogP contribution in [0.25, 0.3) is 0 Å². The van der Waals surface area contributed by atoms with E-state index in [1.54, 1.807) is 86.6 Å². The van der Waals surface area contributed by atoms with Crippen molar-refractivity contribution < 1.29 is 31.1 Å². The zero-order chi connectivity index (χ0) is 31.0. The number of hydrogen-bond donors (Lipinski definition) is 1. The Balaban J connectivity index is 1.68. The van der Waals surface area contributed by atoms with Gasteiger partial charge in [0.1, 0.15) is 10.9 Å². The van der Waals surface area contributed by atoms with E-state index in [4.69, 9.17) is 9.47 Å². The van der Waals surface area contributed by atoms with Crippen LogP contribution in [0.15, 0.2) is 82.6 Å². The molecule has 0 aliphatic carbocycles. The lowest BCUT2D eigenvalue weighted by Crippen LogP contribution is -2.28. The molecule has 0 aliphatic rings. The quantitative estimate of drug-likeness (QED) is 0.128. The minimum absolute atomic E-state index is 0.154. The van der Waals surface area contributed by atoms with Crippen LogP contribution in [0.1, 0.15) is 36.5 Å². The molecular weight excluding hydrogens is 642 g/mol. The molecule has 0 heterocycles. The van der Waals surface area contributed by atoms with Gasteiger partial charge in [-0.05, 0) is 69.7 Å². The van der Waals surface area contributed by atoms with Crippen LogP contribution in [0, 0.1) is 13.8 Å². The number of aryl methyl sites for hydroxylation is 2. The van der Waals surface area contributed by atoms with Crippen LogP contribution in [0.3, 0.4) is 0 Å². The van der Waals surface area contributed by atoms with Crippen molar-refractivity contribution in [1.29, 1.82) is 0 Å². The first kappa shape index (κ1) is 33.8. The number of esters is 1. The Labute approximate surface area is 257 Å². The van der Waals surface area contributed by atoms with E-state index < -0.39 is 29.9 Å². The molecule has 3 aromatic carbocycles. The van der Waals surface area contributed by atoms with E-state index in [0.717, 1.165) is 16.8 Å². The van der Waals surface area contributed by atoms with Crippen LogP contribution >= 0.6 is 15.9 Å². The highest BCUT2D eigenvalue weighted by Gasteiger charge is 2.29. The Morgan fingerprint density at radius 1 is 0.762 bits per heavy atom. The molecule has 0 radical (unpaired) electrons. The highest BCUT2D eigenvalue weighted by Crippen LogP contribution is 2.28. The van der Waals surface area contributed by atoms with Gasteiger partial charge in [0.15, 0.2) is 19.7 Å². The summed E-state index contributed by atoms with van der Waals surface area (Å²) in [6.07, 6.45) is 0. The van der Waals surface area contributed by atoms with Gasteiger partial charge in [-0.2, -0.15) is 0 Å². The lowest BCUT2D eigenvalue weighted by Gasteiger charge is -2.19. The van der Waals surface area contributed by atoms with Gasteiger partial charge >= 0.3 is 5.97 Å². The molecular formula is C31H38BrNO7S2. The first-order valence-electron chi connectivity index (χ1n) is 13.5. The number of carbonyl (C=O) groups is 1. The highest BCUT2D eigenvalue weighted by molar-refractivity contribution is 9.10. The molecule has 0 atom stereocenters. The van der Waals surface area contributed by atoms with Crippen LogP contribution in [0.2, 0.25) is 0 Å². The van der Waals surface area contributed by atoms with Crippen LogP contribution in [-0.4, -0.2) is 65.0 Å². The number of sulfone groups is 2. The maximum Gasteiger partial charge on any atom is 0.322 e. The van der Waals surface area contributed by atoms with Crippen LogP contribution in [0.5, 0.6) is 0 Å². The SMILES string of the molecule is Cc1ccc(S(=O)(=O)CC(CS(=O)(=O)c2ccc(C)cc2)c2ccc(NCCOCCOC(=O)C(C)(C)Br)cc2)cc1. The van der Waals surface area contributed by atoms with Crippen molar-refractivity contribution >= 4 is 47.3 Å². The summed E-state index contributed by atoms with van der Waals surface area (Å²) < 4.78 is 63.3. The van der Waals surface area contributed by atoms with Gasteiger partial charge in [0, 0.05) is 18.2 Å². The van der Waals surface area contributed by atoms with Gasteiger partial charge in [0.25, 0.3) is 0 Å². The molecule has 1 N–H and O–H groups in total. The maximum absolute atomic E-state index is 13.3. The number of rotatable bonds is 15. The second-order valence-corrected chi connectivity index (χ2v) is 16.7. The summed E-state index contributed by atoms with van der Waals surface area (Å²) in [6.45, 7) is 8.45. The van der Waals surface area contributed by atoms with Gasteiger partial charge in [0.2, 0.25) is 0 Å². The summed E-state index contributed by atoms with van der Waals surface area (Å²) >= 11 is 3.25. The lowest BCUT2D eigenvalue weighted by atomic mass is 10.0. The van der Waals surface area contributed by atoms with Crippen LogP contribution in [-0.2, 0) is 33.9 Å². The second-order valence-electron chi connectivity index (χ2n) is 10.7. The van der Waals surface area contributed by atoms with Gasteiger partial charge in [-0.25, -0.2) is 16.8 Å².